The van der Waals surface area contributed by atoms with Crippen molar-refractivity contribution in [2.45, 2.75) is 19.4 Å². The highest BCUT2D eigenvalue weighted by Crippen LogP contribution is 2.15. The molecule has 1 fully saturated rings. The van der Waals surface area contributed by atoms with E-state index in [-0.39, 0.29) is 0 Å². The Balaban J connectivity index is 1.39. The smallest absolute Gasteiger partial charge is 0.127 e. The van der Waals surface area contributed by atoms with Crippen LogP contribution in [0.4, 0.5) is 0 Å². The molecule has 128 valence electrons. The topological polar surface area (TPSA) is 18.1 Å². The maximum atomic E-state index is 5.48. The standard InChI is InChI=1S/C21H28N2O/c1-24-21-12-6-5-11-20(21)18-23-16-14-22(15-17-23)13-7-10-19-8-3-2-4-9-19/h2-6,8-9,11-12H,7,10,13-18H2,1H3/p+2. The third-order valence-corrected chi connectivity index (χ3v) is 5.14. The first-order valence-electron chi connectivity index (χ1n) is 9.18. The summed E-state index contributed by atoms with van der Waals surface area (Å²) < 4.78 is 5.48. The predicted octanol–water partition coefficient (Wildman–Crippen LogP) is 0.611. The van der Waals surface area contributed by atoms with Crippen LogP contribution in [-0.4, -0.2) is 39.8 Å². The molecule has 3 nitrogen and oxygen atoms in total. The van der Waals surface area contributed by atoms with Crippen molar-refractivity contribution in [3.63, 3.8) is 0 Å². The highest BCUT2D eigenvalue weighted by Gasteiger charge is 2.23. The number of hydrogen-bond acceptors (Lipinski definition) is 1. The Bertz CT molecular complexity index is 606. The monoisotopic (exact) mass is 326 g/mol. The molecule has 0 bridgehead atoms. The van der Waals surface area contributed by atoms with Gasteiger partial charge < -0.3 is 14.5 Å². The van der Waals surface area contributed by atoms with Crippen LogP contribution in [0.1, 0.15) is 17.5 Å². The van der Waals surface area contributed by atoms with Gasteiger partial charge in [-0.2, -0.15) is 0 Å². The molecule has 0 spiro atoms. The fourth-order valence-corrected chi connectivity index (χ4v) is 3.69. The number of methoxy groups -OCH3 is 1. The minimum absolute atomic E-state index is 1.03. The first-order chi connectivity index (χ1) is 11.8. The summed E-state index contributed by atoms with van der Waals surface area (Å²) in [5.41, 5.74) is 2.81. The number of ether oxygens (including phenoxy) is 1. The van der Waals surface area contributed by atoms with Gasteiger partial charge >= 0.3 is 0 Å². The lowest BCUT2D eigenvalue weighted by Crippen LogP contribution is -3.27. The van der Waals surface area contributed by atoms with Crippen LogP contribution in [0.15, 0.2) is 54.6 Å². The number of piperazine rings is 1. The number of para-hydroxylation sites is 1. The first kappa shape index (κ1) is 17.0. The number of quaternary nitrogens is 2. The molecule has 0 radical (unpaired) electrons. The zero-order chi connectivity index (χ0) is 16.6. The molecule has 2 aromatic rings. The fraction of sp³-hybridized carbons (Fsp3) is 0.429. The SMILES string of the molecule is COc1ccccc1C[NH+]1CC[NH+](CCCc2ccccc2)CC1. The zero-order valence-electron chi connectivity index (χ0n) is 14.8. The van der Waals surface area contributed by atoms with Gasteiger partial charge in [0.1, 0.15) is 38.5 Å². The maximum Gasteiger partial charge on any atom is 0.127 e. The molecule has 2 N–H and O–H groups in total. The van der Waals surface area contributed by atoms with Crippen LogP contribution < -0.4 is 14.5 Å². The zero-order valence-corrected chi connectivity index (χ0v) is 14.8. The summed E-state index contributed by atoms with van der Waals surface area (Å²) in [6, 6.07) is 19.3. The number of hydrogen-bond donors (Lipinski definition) is 2. The van der Waals surface area contributed by atoms with E-state index in [1.165, 1.54) is 56.7 Å². The van der Waals surface area contributed by atoms with Gasteiger partial charge in [-0.25, -0.2) is 0 Å². The molecule has 0 atom stereocenters. The Morgan fingerprint density at radius 3 is 2.25 bits per heavy atom. The number of rotatable bonds is 7. The third-order valence-electron chi connectivity index (χ3n) is 5.14. The molecule has 1 saturated heterocycles. The second-order valence-electron chi connectivity index (χ2n) is 6.83. The van der Waals surface area contributed by atoms with Crippen LogP contribution in [-0.2, 0) is 13.0 Å². The van der Waals surface area contributed by atoms with Gasteiger partial charge in [-0.15, -0.1) is 0 Å². The van der Waals surface area contributed by atoms with Gasteiger partial charge in [0.15, 0.2) is 0 Å². The second kappa shape index (κ2) is 8.86. The lowest BCUT2D eigenvalue weighted by Gasteiger charge is -2.30. The van der Waals surface area contributed by atoms with Crippen LogP contribution in [0.25, 0.3) is 0 Å². The summed E-state index contributed by atoms with van der Waals surface area (Å²) in [6.07, 6.45) is 2.50. The van der Waals surface area contributed by atoms with Gasteiger partial charge in [0.05, 0.1) is 13.7 Å². The fourth-order valence-electron chi connectivity index (χ4n) is 3.69. The van der Waals surface area contributed by atoms with Crippen LogP contribution >= 0.6 is 0 Å². The first-order valence-corrected chi connectivity index (χ1v) is 9.18. The molecular weight excluding hydrogens is 296 g/mol. The highest BCUT2D eigenvalue weighted by molar-refractivity contribution is 5.32. The van der Waals surface area contributed by atoms with Crippen molar-refractivity contribution in [2.75, 3.05) is 39.8 Å². The van der Waals surface area contributed by atoms with Crippen molar-refractivity contribution >= 4 is 0 Å². The summed E-state index contributed by atoms with van der Waals surface area (Å²) in [4.78, 5) is 3.46. The van der Waals surface area contributed by atoms with E-state index >= 15 is 0 Å². The average Bonchev–Trinajstić information content (AvgIpc) is 2.64. The van der Waals surface area contributed by atoms with Crippen molar-refractivity contribution in [2.24, 2.45) is 0 Å². The van der Waals surface area contributed by atoms with Gasteiger partial charge in [-0.1, -0.05) is 42.5 Å². The predicted molar refractivity (Wildman–Crippen MR) is 97.7 cm³/mol. The normalized spacial score (nSPS) is 20.7. The molecule has 1 aliphatic heterocycles. The molecule has 0 aliphatic carbocycles. The molecular formula is C21H30N2O+2. The van der Waals surface area contributed by atoms with Gasteiger partial charge in [-0.3, -0.25) is 0 Å². The Hall–Kier alpha value is -1.84. The number of nitrogens with one attached hydrogen (secondary N) is 2. The summed E-state index contributed by atoms with van der Waals surface area (Å²) >= 11 is 0. The quantitative estimate of drug-likeness (QED) is 0.763. The molecule has 1 heterocycles. The Morgan fingerprint density at radius 1 is 0.833 bits per heavy atom. The van der Waals surface area contributed by atoms with Crippen molar-refractivity contribution in [1.29, 1.82) is 0 Å². The largest absolute Gasteiger partial charge is 0.496 e. The molecule has 2 aromatic carbocycles. The molecule has 1 aliphatic rings. The highest BCUT2D eigenvalue weighted by atomic mass is 16.5. The van der Waals surface area contributed by atoms with E-state index in [0.29, 0.717) is 0 Å². The minimum Gasteiger partial charge on any atom is -0.496 e. The number of benzene rings is 2. The van der Waals surface area contributed by atoms with Crippen LogP contribution in [0.2, 0.25) is 0 Å². The van der Waals surface area contributed by atoms with E-state index < -0.39 is 0 Å². The van der Waals surface area contributed by atoms with Crippen LogP contribution in [0, 0.1) is 0 Å². The van der Waals surface area contributed by atoms with Crippen LogP contribution in [0.5, 0.6) is 5.75 Å². The minimum atomic E-state index is 1.03. The van der Waals surface area contributed by atoms with E-state index in [9.17, 15) is 0 Å². The molecule has 0 unspecified atom stereocenters. The lowest BCUT2D eigenvalue weighted by atomic mass is 10.1. The van der Waals surface area contributed by atoms with Gasteiger partial charge in [-0.05, 0) is 24.1 Å². The Morgan fingerprint density at radius 2 is 1.50 bits per heavy atom. The second-order valence-corrected chi connectivity index (χ2v) is 6.83. The summed E-state index contributed by atoms with van der Waals surface area (Å²) in [6.45, 7) is 7.49. The van der Waals surface area contributed by atoms with E-state index in [1.807, 2.05) is 6.07 Å². The van der Waals surface area contributed by atoms with E-state index in [1.54, 1.807) is 16.9 Å². The van der Waals surface area contributed by atoms with E-state index in [2.05, 4.69) is 48.5 Å². The molecule has 0 aromatic heterocycles. The third kappa shape index (κ3) is 4.83. The van der Waals surface area contributed by atoms with E-state index in [4.69, 9.17) is 4.74 Å². The summed E-state index contributed by atoms with van der Waals surface area (Å²) in [5.74, 6) is 1.03. The van der Waals surface area contributed by atoms with Crippen molar-refractivity contribution in [1.82, 2.24) is 0 Å². The van der Waals surface area contributed by atoms with Crippen LogP contribution in [0.3, 0.4) is 0 Å². The van der Waals surface area contributed by atoms with Crippen molar-refractivity contribution < 1.29 is 14.5 Å². The lowest BCUT2D eigenvalue weighted by molar-refractivity contribution is -1.02. The maximum absolute atomic E-state index is 5.48. The van der Waals surface area contributed by atoms with Gasteiger partial charge in [0.25, 0.3) is 0 Å². The Labute approximate surface area is 145 Å². The molecule has 3 rings (SSSR count). The molecule has 24 heavy (non-hydrogen) atoms. The van der Waals surface area contributed by atoms with Crippen molar-refractivity contribution in [3.05, 3.63) is 65.7 Å². The molecule has 0 amide bonds. The Kier molecular flexibility index (Phi) is 6.27. The van der Waals surface area contributed by atoms with Gasteiger partial charge in [0, 0.05) is 12.0 Å². The average molecular weight is 326 g/mol. The summed E-state index contributed by atoms with van der Waals surface area (Å²) in [7, 11) is 1.77. The van der Waals surface area contributed by atoms with Gasteiger partial charge in [0.2, 0.25) is 0 Å². The summed E-state index contributed by atoms with van der Waals surface area (Å²) in [5, 5.41) is 0. The van der Waals surface area contributed by atoms with Crippen molar-refractivity contribution in [3.8, 4) is 5.75 Å². The van der Waals surface area contributed by atoms with E-state index in [0.717, 1.165) is 12.3 Å². The number of aryl methyl sites for hydroxylation is 1. The molecule has 3 heteroatoms. The molecule has 0 saturated carbocycles.